The Morgan fingerprint density at radius 1 is 1.22 bits per heavy atom. The molecule has 1 atom stereocenters. The lowest BCUT2D eigenvalue weighted by molar-refractivity contribution is -0.190. The van der Waals surface area contributed by atoms with E-state index in [2.05, 4.69) is 33.0 Å². The van der Waals surface area contributed by atoms with E-state index < -0.39 is 0 Å². The van der Waals surface area contributed by atoms with Gasteiger partial charge in [0.25, 0.3) is 0 Å². The highest BCUT2D eigenvalue weighted by atomic mass is 16.5. The van der Waals surface area contributed by atoms with Crippen LogP contribution in [0.15, 0.2) is 0 Å². The van der Waals surface area contributed by atoms with Gasteiger partial charge in [0.05, 0.1) is 17.1 Å². The number of rotatable bonds is 1. The first-order valence-corrected chi connectivity index (χ1v) is 6.99. The number of ether oxygens (including phenoxy) is 1. The molecule has 0 radical (unpaired) electrons. The molecule has 2 fully saturated rings. The van der Waals surface area contributed by atoms with E-state index in [-0.39, 0.29) is 17.1 Å². The van der Waals surface area contributed by atoms with Crippen molar-refractivity contribution in [3.05, 3.63) is 0 Å². The number of morpholine rings is 1. The molecule has 2 aliphatic rings. The zero-order chi connectivity index (χ0) is 13.4. The van der Waals surface area contributed by atoms with Crippen LogP contribution in [0.4, 0.5) is 0 Å². The van der Waals surface area contributed by atoms with Crippen molar-refractivity contribution in [3.8, 4) is 0 Å². The molecule has 0 saturated carbocycles. The van der Waals surface area contributed by atoms with Crippen molar-refractivity contribution in [1.29, 1.82) is 0 Å². The molecule has 2 aliphatic heterocycles. The Labute approximate surface area is 110 Å². The zero-order valence-corrected chi connectivity index (χ0v) is 12.1. The summed E-state index contributed by atoms with van der Waals surface area (Å²) in [5.41, 5.74) is -0.501. The molecule has 0 bridgehead atoms. The van der Waals surface area contributed by atoms with Gasteiger partial charge in [-0.05, 0) is 47.1 Å². The van der Waals surface area contributed by atoms with Crippen molar-refractivity contribution in [2.75, 3.05) is 26.2 Å². The summed E-state index contributed by atoms with van der Waals surface area (Å²) in [4.78, 5) is 14.6. The molecule has 18 heavy (non-hydrogen) atoms. The van der Waals surface area contributed by atoms with Crippen molar-refractivity contribution in [1.82, 2.24) is 10.2 Å². The normalized spacial score (nSPS) is 31.1. The minimum Gasteiger partial charge on any atom is -0.366 e. The summed E-state index contributed by atoms with van der Waals surface area (Å²) in [7, 11) is 0. The fourth-order valence-electron chi connectivity index (χ4n) is 3.26. The highest BCUT2D eigenvalue weighted by molar-refractivity contribution is 5.79. The number of hydrogen-bond acceptors (Lipinski definition) is 3. The average molecular weight is 254 g/mol. The van der Waals surface area contributed by atoms with Gasteiger partial charge in [0.1, 0.15) is 0 Å². The van der Waals surface area contributed by atoms with Crippen LogP contribution in [0, 0.1) is 5.92 Å². The van der Waals surface area contributed by atoms with Crippen molar-refractivity contribution < 1.29 is 9.53 Å². The summed E-state index contributed by atoms with van der Waals surface area (Å²) < 4.78 is 6.02. The highest BCUT2D eigenvalue weighted by Crippen LogP contribution is 2.29. The van der Waals surface area contributed by atoms with Crippen LogP contribution >= 0.6 is 0 Å². The second-order valence-corrected chi connectivity index (χ2v) is 6.86. The second kappa shape index (κ2) is 4.82. The van der Waals surface area contributed by atoms with Crippen LogP contribution in [0.1, 0.15) is 40.5 Å². The van der Waals surface area contributed by atoms with Gasteiger partial charge in [-0.2, -0.15) is 0 Å². The molecule has 0 aliphatic carbocycles. The maximum atomic E-state index is 12.6. The number of nitrogens with one attached hydrogen (secondary N) is 1. The van der Waals surface area contributed by atoms with Gasteiger partial charge >= 0.3 is 0 Å². The van der Waals surface area contributed by atoms with E-state index in [0.29, 0.717) is 19.0 Å². The minimum atomic E-state index is -0.250. The number of nitrogens with zero attached hydrogens (tertiary/aromatic N) is 1. The van der Waals surface area contributed by atoms with Crippen molar-refractivity contribution >= 4 is 5.91 Å². The lowest BCUT2D eigenvalue weighted by Gasteiger charge is -2.48. The van der Waals surface area contributed by atoms with Crippen LogP contribution < -0.4 is 5.32 Å². The largest absolute Gasteiger partial charge is 0.366 e. The smallest absolute Gasteiger partial charge is 0.227 e. The number of carbonyl (C=O) groups excluding carboxylic acids is 1. The third-order valence-corrected chi connectivity index (χ3v) is 3.65. The molecule has 104 valence electrons. The van der Waals surface area contributed by atoms with E-state index in [0.717, 1.165) is 25.9 Å². The molecule has 1 N–H and O–H groups in total. The third-order valence-electron chi connectivity index (χ3n) is 3.65. The second-order valence-electron chi connectivity index (χ2n) is 6.86. The molecular weight excluding hydrogens is 228 g/mol. The predicted octanol–water partition coefficient (Wildman–Crippen LogP) is 1.40. The van der Waals surface area contributed by atoms with Crippen LogP contribution in [-0.2, 0) is 9.53 Å². The predicted molar refractivity (Wildman–Crippen MR) is 71.4 cm³/mol. The first-order chi connectivity index (χ1) is 8.29. The Bertz CT molecular complexity index is 304. The van der Waals surface area contributed by atoms with Crippen LogP contribution in [0.25, 0.3) is 0 Å². The molecule has 0 aromatic heterocycles. The van der Waals surface area contributed by atoms with Gasteiger partial charge < -0.3 is 15.0 Å². The van der Waals surface area contributed by atoms with Crippen LogP contribution in [0.2, 0.25) is 0 Å². The Kier molecular flexibility index (Phi) is 3.70. The van der Waals surface area contributed by atoms with Crippen molar-refractivity contribution in [3.63, 3.8) is 0 Å². The molecule has 4 heteroatoms. The van der Waals surface area contributed by atoms with E-state index in [9.17, 15) is 4.79 Å². The standard InChI is InChI=1S/C14H26N2O2/c1-13(2)9-16(10-14(3,4)18-13)12(17)11-6-5-7-15-8-11/h11,15H,5-10H2,1-4H3/t11-/m0/s1. The summed E-state index contributed by atoms with van der Waals surface area (Å²) in [6.07, 6.45) is 2.12. The van der Waals surface area contributed by atoms with Gasteiger partial charge in [-0.1, -0.05) is 0 Å². The maximum Gasteiger partial charge on any atom is 0.227 e. The van der Waals surface area contributed by atoms with Crippen LogP contribution in [0.5, 0.6) is 0 Å². The Morgan fingerprint density at radius 2 is 1.83 bits per heavy atom. The fraction of sp³-hybridized carbons (Fsp3) is 0.929. The summed E-state index contributed by atoms with van der Waals surface area (Å²) in [6, 6.07) is 0. The molecule has 1 amide bonds. The number of hydrogen-bond donors (Lipinski definition) is 1. The first kappa shape index (κ1) is 13.8. The monoisotopic (exact) mass is 254 g/mol. The van der Waals surface area contributed by atoms with E-state index >= 15 is 0 Å². The highest BCUT2D eigenvalue weighted by Gasteiger charge is 2.41. The van der Waals surface area contributed by atoms with Gasteiger partial charge in [0.15, 0.2) is 0 Å². The van der Waals surface area contributed by atoms with Gasteiger partial charge in [-0.25, -0.2) is 0 Å². The molecule has 2 saturated heterocycles. The Hall–Kier alpha value is -0.610. The van der Waals surface area contributed by atoms with Gasteiger partial charge in [0.2, 0.25) is 5.91 Å². The van der Waals surface area contributed by atoms with E-state index in [4.69, 9.17) is 4.74 Å². The lowest BCUT2D eigenvalue weighted by atomic mass is 9.94. The van der Waals surface area contributed by atoms with Gasteiger partial charge in [-0.15, -0.1) is 0 Å². The Morgan fingerprint density at radius 3 is 2.33 bits per heavy atom. The molecule has 0 unspecified atom stereocenters. The molecule has 0 aromatic carbocycles. The molecule has 4 nitrogen and oxygen atoms in total. The third kappa shape index (κ3) is 3.23. The van der Waals surface area contributed by atoms with E-state index in [1.807, 2.05) is 4.90 Å². The zero-order valence-electron chi connectivity index (χ0n) is 12.1. The van der Waals surface area contributed by atoms with E-state index in [1.54, 1.807) is 0 Å². The average Bonchev–Trinajstić information content (AvgIpc) is 2.25. The number of carbonyl (C=O) groups is 1. The van der Waals surface area contributed by atoms with Gasteiger partial charge in [-0.3, -0.25) is 4.79 Å². The minimum absolute atomic E-state index is 0.156. The molecule has 0 aromatic rings. The molecular formula is C14H26N2O2. The number of amides is 1. The van der Waals surface area contributed by atoms with Crippen LogP contribution in [0.3, 0.4) is 0 Å². The lowest BCUT2D eigenvalue weighted by Crippen LogP contribution is -2.60. The summed E-state index contributed by atoms with van der Waals surface area (Å²) in [6.45, 7) is 11.5. The van der Waals surface area contributed by atoms with Crippen molar-refractivity contribution in [2.45, 2.75) is 51.7 Å². The molecule has 0 spiro atoms. The topological polar surface area (TPSA) is 41.6 Å². The van der Waals surface area contributed by atoms with Crippen LogP contribution in [-0.4, -0.2) is 48.2 Å². The first-order valence-electron chi connectivity index (χ1n) is 6.99. The SMILES string of the molecule is CC1(C)CN(C(=O)[C@H]2CCCNC2)CC(C)(C)O1. The Balaban J connectivity index is 2.05. The quantitative estimate of drug-likeness (QED) is 0.769. The molecule has 2 heterocycles. The van der Waals surface area contributed by atoms with Crippen molar-refractivity contribution in [2.24, 2.45) is 5.92 Å². The number of piperidine rings is 1. The maximum absolute atomic E-state index is 12.6. The fourth-order valence-corrected chi connectivity index (χ4v) is 3.26. The summed E-state index contributed by atoms with van der Waals surface area (Å²) in [5, 5.41) is 3.32. The summed E-state index contributed by atoms with van der Waals surface area (Å²) in [5.74, 6) is 0.454. The summed E-state index contributed by atoms with van der Waals surface area (Å²) >= 11 is 0. The van der Waals surface area contributed by atoms with Gasteiger partial charge in [0, 0.05) is 19.6 Å². The van der Waals surface area contributed by atoms with E-state index in [1.165, 1.54) is 0 Å². The molecule has 2 rings (SSSR count).